The molecule has 5 rings (SSSR count). The van der Waals surface area contributed by atoms with E-state index in [9.17, 15) is 18.7 Å². The van der Waals surface area contributed by atoms with E-state index < -0.39 is 17.7 Å². The first kappa shape index (κ1) is 24.3. The van der Waals surface area contributed by atoms with Crippen LogP contribution >= 0.6 is 0 Å². The number of β-amino-alcohol motifs (C(OH)–C–C–N with tert-alkyl or cyclic N) is 1. The minimum atomic E-state index is -0.728. The van der Waals surface area contributed by atoms with Gasteiger partial charge in [0, 0.05) is 37.8 Å². The Labute approximate surface area is 204 Å². The van der Waals surface area contributed by atoms with Gasteiger partial charge in [0.15, 0.2) is 0 Å². The van der Waals surface area contributed by atoms with Gasteiger partial charge in [-0.15, -0.1) is 0 Å². The molecule has 0 spiro atoms. The largest absolute Gasteiger partial charge is 0.389 e. The Morgan fingerprint density at radius 2 is 1.91 bits per heavy atom. The highest BCUT2D eigenvalue weighted by atomic mass is 19.1. The highest BCUT2D eigenvalue weighted by molar-refractivity contribution is 5.77. The van der Waals surface area contributed by atoms with Gasteiger partial charge in [-0.3, -0.25) is 9.69 Å². The molecule has 3 heterocycles. The molecule has 188 valence electrons. The van der Waals surface area contributed by atoms with Crippen LogP contribution in [0.15, 0.2) is 42.5 Å². The van der Waals surface area contributed by atoms with Crippen molar-refractivity contribution in [3.8, 4) is 0 Å². The molecule has 3 aliphatic heterocycles. The number of rotatable bonds is 4. The van der Waals surface area contributed by atoms with E-state index >= 15 is 0 Å². The molecular weight excluding hydrogens is 454 g/mol. The summed E-state index contributed by atoms with van der Waals surface area (Å²) in [4.78, 5) is 16.9. The van der Waals surface area contributed by atoms with E-state index in [1.54, 1.807) is 0 Å². The fourth-order valence-corrected chi connectivity index (χ4v) is 5.54. The average molecular weight is 487 g/mol. The van der Waals surface area contributed by atoms with Gasteiger partial charge in [0.2, 0.25) is 5.91 Å². The fraction of sp³-hybridized carbons (Fsp3) is 0.519. The third-order valence-corrected chi connectivity index (χ3v) is 7.35. The number of aliphatic hydroxyl groups excluding tert-OH is 1. The summed E-state index contributed by atoms with van der Waals surface area (Å²) in [5, 5.41) is 10.3. The molecule has 1 amide bonds. The summed E-state index contributed by atoms with van der Waals surface area (Å²) in [6.07, 6.45) is 1.31. The van der Waals surface area contributed by atoms with Crippen molar-refractivity contribution in [3.05, 3.63) is 70.8 Å². The van der Waals surface area contributed by atoms with Crippen molar-refractivity contribution in [1.82, 2.24) is 9.80 Å². The molecule has 0 radical (unpaired) electrons. The molecule has 2 aromatic carbocycles. The van der Waals surface area contributed by atoms with Gasteiger partial charge in [0.05, 0.1) is 37.9 Å². The lowest BCUT2D eigenvalue weighted by Crippen LogP contribution is -2.55. The molecule has 2 aromatic rings. The number of hydrogen-bond donors (Lipinski definition) is 1. The maximum absolute atomic E-state index is 14.3. The van der Waals surface area contributed by atoms with Crippen LogP contribution < -0.4 is 0 Å². The molecule has 8 heteroatoms. The topological polar surface area (TPSA) is 62.2 Å². The van der Waals surface area contributed by atoms with Crippen molar-refractivity contribution in [2.45, 2.75) is 63.1 Å². The zero-order valence-corrected chi connectivity index (χ0v) is 19.7. The Bertz CT molecular complexity index is 1050. The summed E-state index contributed by atoms with van der Waals surface area (Å²) >= 11 is 0. The van der Waals surface area contributed by atoms with Crippen molar-refractivity contribution in [2.24, 2.45) is 0 Å². The molecule has 0 aromatic heterocycles. The van der Waals surface area contributed by atoms with E-state index in [1.165, 1.54) is 17.2 Å². The first-order valence-electron chi connectivity index (χ1n) is 12.4. The van der Waals surface area contributed by atoms with Gasteiger partial charge in [-0.2, -0.15) is 0 Å². The lowest BCUT2D eigenvalue weighted by molar-refractivity contribution is -0.161. The molecule has 4 atom stereocenters. The number of aliphatic hydroxyl groups is 1. The minimum absolute atomic E-state index is 0.0869. The average Bonchev–Trinajstić information content (AvgIpc) is 2.85. The molecule has 35 heavy (non-hydrogen) atoms. The van der Waals surface area contributed by atoms with Crippen molar-refractivity contribution in [1.29, 1.82) is 0 Å². The number of benzene rings is 2. The SMILES string of the molecule is O=C(C[C@@H]1CC[C@H]2[C@@H](COC[C@@H](O)CN2Cc2cc(F)ccc2F)O1)N1CCc2ccccc2C1. The second-order valence-corrected chi connectivity index (χ2v) is 9.84. The Kier molecular flexibility index (Phi) is 7.43. The first-order valence-corrected chi connectivity index (χ1v) is 12.4. The lowest BCUT2D eigenvalue weighted by Gasteiger charge is -2.44. The van der Waals surface area contributed by atoms with Crippen LogP contribution in [0.4, 0.5) is 8.78 Å². The van der Waals surface area contributed by atoms with Crippen LogP contribution in [0.25, 0.3) is 0 Å². The van der Waals surface area contributed by atoms with E-state index in [4.69, 9.17) is 9.47 Å². The summed E-state index contributed by atoms with van der Waals surface area (Å²) in [5.41, 5.74) is 2.75. The number of fused-ring (bicyclic) bond motifs is 2. The third kappa shape index (κ3) is 5.72. The van der Waals surface area contributed by atoms with E-state index in [-0.39, 0.29) is 56.0 Å². The Morgan fingerprint density at radius 1 is 1.09 bits per heavy atom. The number of nitrogens with zero attached hydrogens (tertiary/aromatic N) is 2. The van der Waals surface area contributed by atoms with E-state index in [1.807, 2.05) is 21.9 Å². The molecule has 1 N–H and O–H groups in total. The van der Waals surface area contributed by atoms with Crippen LogP contribution in [0.5, 0.6) is 0 Å². The highest BCUT2D eigenvalue weighted by Crippen LogP contribution is 2.30. The molecule has 6 nitrogen and oxygen atoms in total. The van der Waals surface area contributed by atoms with Gasteiger partial charge in [0.25, 0.3) is 0 Å². The molecule has 3 aliphatic rings. The van der Waals surface area contributed by atoms with Gasteiger partial charge in [-0.25, -0.2) is 8.78 Å². The predicted molar refractivity (Wildman–Crippen MR) is 125 cm³/mol. The van der Waals surface area contributed by atoms with E-state index in [0.29, 0.717) is 25.9 Å². The van der Waals surface area contributed by atoms with Crippen LogP contribution in [-0.4, -0.2) is 71.5 Å². The van der Waals surface area contributed by atoms with Crippen LogP contribution in [0.1, 0.15) is 36.0 Å². The Hall–Kier alpha value is -2.39. The van der Waals surface area contributed by atoms with Crippen molar-refractivity contribution in [2.75, 3.05) is 26.3 Å². The standard InChI is InChI=1S/C27H32F2N2O4/c28-21-5-7-24(29)20(11-21)14-31-15-22(32)16-34-17-26-25(31)8-6-23(35-26)12-27(33)30-10-9-18-3-1-2-4-19(18)13-30/h1-5,7,11,22-23,25-26,32H,6,8-10,12-17H2/t22-,23-,25-,26+/m0/s1. The van der Waals surface area contributed by atoms with Crippen molar-refractivity contribution >= 4 is 5.91 Å². The number of carbonyl (C=O) groups is 1. The van der Waals surface area contributed by atoms with E-state index in [2.05, 4.69) is 12.1 Å². The minimum Gasteiger partial charge on any atom is -0.389 e. The molecule has 0 saturated carbocycles. The molecule has 0 aliphatic carbocycles. The van der Waals surface area contributed by atoms with Gasteiger partial charge < -0.3 is 19.5 Å². The zero-order valence-electron chi connectivity index (χ0n) is 19.7. The first-order chi connectivity index (χ1) is 17.0. The highest BCUT2D eigenvalue weighted by Gasteiger charge is 2.38. The zero-order chi connectivity index (χ0) is 24.4. The van der Waals surface area contributed by atoms with E-state index in [0.717, 1.165) is 25.0 Å². The Balaban J connectivity index is 1.24. The van der Waals surface area contributed by atoms with Gasteiger partial charge in [-0.05, 0) is 48.6 Å². The summed E-state index contributed by atoms with van der Waals surface area (Å²) in [6.45, 7) is 2.21. The number of amides is 1. The summed E-state index contributed by atoms with van der Waals surface area (Å²) in [5.74, 6) is -0.879. The Morgan fingerprint density at radius 3 is 2.77 bits per heavy atom. The summed E-state index contributed by atoms with van der Waals surface area (Å²) < 4.78 is 40.1. The molecule has 2 fully saturated rings. The number of ether oxygens (including phenoxy) is 2. The van der Waals surface area contributed by atoms with Crippen LogP contribution in [-0.2, 0) is 33.8 Å². The predicted octanol–water partition coefficient (Wildman–Crippen LogP) is 3.05. The smallest absolute Gasteiger partial charge is 0.225 e. The van der Waals surface area contributed by atoms with Crippen LogP contribution in [0, 0.1) is 11.6 Å². The van der Waals surface area contributed by atoms with Crippen LogP contribution in [0.2, 0.25) is 0 Å². The normalized spacial score (nSPS) is 27.5. The summed E-state index contributed by atoms with van der Waals surface area (Å²) in [7, 11) is 0. The second kappa shape index (κ2) is 10.7. The molecule has 2 saturated heterocycles. The third-order valence-electron chi connectivity index (χ3n) is 7.35. The van der Waals surface area contributed by atoms with Crippen LogP contribution in [0.3, 0.4) is 0 Å². The summed E-state index contributed by atoms with van der Waals surface area (Å²) in [6, 6.07) is 11.5. The quantitative estimate of drug-likeness (QED) is 0.720. The van der Waals surface area contributed by atoms with Gasteiger partial charge in [-0.1, -0.05) is 24.3 Å². The van der Waals surface area contributed by atoms with Gasteiger partial charge >= 0.3 is 0 Å². The monoisotopic (exact) mass is 486 g/mol. The number of carbonyl (C=O) groups excluding carboxylic acids is 1. The molecule has 0 bridgehead atoms. The number of halogens is 2. The molecule has 0 unspecified atom stereocenters. The lowest BCUT2D eigenvalue weighted by atomic mass is 9.93. The van der Waals surface area contributed by atoms with Gasteiger partial charge in [0.1, 0.15) is 11.6 Å². The maximum Gasteiger partial charge on any atom is 0.225 e. The maximum atomic E-state index is 14.3. The fourth-order valence-electron chi connectivity index (χ4n) is 5.54. The second-order valence-electron chi connectivity index (χ2n) is 9.84. The van der Waals surface area contributed by atoms with Crippen molar-refractivity contribution in [3.63, 3.8) is 0 Å². The molecular formula is C27H32F2N2O4. The van der Waals surface area contributed by atoms with Crippen molar-refractivity contribution < 1.29 is 28.2 Å². The number of hydrogen-bond acceptors (Lipinski definition) is 5.